The van der Waals surface area contributed by atoms with Crippen LogP contribution < -0.4 is 11.1 Å². The predicted molar refractivity (Wildman–Crippen MR) is 65.6 cm³/mol. The molecule has 7 heteroatoms. The third-order valence-electron chi connectivity index (χ3n) is 2.37. The number of aromatic amines is 1. The van der Waals surface area contributed by atoms with E-state index in [-0.39, 0.29) is 23.0 Å². The van der Waals surface area contributed by atoms with Gasteiger partial charge >= 0.3 is 0 Å². The highest BCUT2D eigenvalue weighted by molar-refractivity contribution is 6.31. The molecule has 0 aliphatic heterocycles. The number of anilines is 1. The number of H-pyrrole nitrogens is 1. The maximum Gasteiger partial charge on any atom is 0.251 e. The van der Waals surface area contributed by atoms with Gasteiger partial charge in [0.05, 0.1) is 11.2 Å². The number of carbonyl (C=O) groups excluding carboxylic acids is 1. The van der Waals surface area contributed by atoms with Crippen LogP contribution in [-0.4, -0.2) is 16.1 Å². The molecule has 0 bridgehead atoms. The van der Waals surface area contributed by atoms with E-state index >= 15 is 0 Å². The minimum atomic E-state index is -0.563. The highest BCUT2D eigenvalue weighted by Crippen LogP contribution is 2.16. The van der Waals surface area contributed by atoms with E-state index in [1.807, 2.05) is 0 Å². The van der Waals surface area contributed by atoms with E-state index in [0.29, 0.717) is 11.4 Å². The van der Waals surface area contributed by atoms with Crippen LogP contribution in [0.2, 0.25) is 5.02 Å². The third-order valence-corrected chi connectivity index (χ3v) is 2.66. The monoisotopic (exact) mass is 268 g/mol. The first kappa shape index (κ1) is 12.4. The number of nitrogen functional groups attached to an aromatic ring is 1. The summed E-state index contributed by atoms with van der Waals surface area (Å²) < 4.78 is 12.9. The van der Waals surface area contributed by atoms with Crippen molar-refractivity contribution in [2.45, 2.75) is 6.54 Å². The number of rotatable bonds is 3. The second-order valence-electron chi connectivity index (χ2n) is 3.62. The summed E-state index contributed by atoms with van der Waals surface area (Å²) in [5.41, 5.74) is 6.53. The van der Waals surface area contributed by atoms with Gasteiger partial charge in [-0.2, -0.15) is 5.10 Å². The molecule has 18 heavy (non-hydrogen) atoms. The molecule has 0 unspecified atom stereocenters. The van der Waals surface area contributed by atoms with Gasteiger partial charge in [-0.05, 0) is 18.2 Å². The van der Waals surface area contributed by atoms with Crippen molar-refractivity contribution in [1.29, 1.82) is 0 Å². The molecule has 0 aliphatic carbocycles. The third kappa shape index (κ3) is 2.60. The average Bonchev–Trinajstić information content (AvgIpc) is 2.75. The Morgan fingerprint density at radius 1 is 1.56 bits per heavy atom. The summed E-state index contributed by atoms with van der Waals surface area (Å²) in [6, 6.07) is 3.77. The summed E-state index contributed by atoms with van der Waals surface area (Å²) in [5, 5.41) is 8.82. The Bertz CT molecular complexity index is 584. The molecule has 0 atom stereocenters. The van der Waals surface area contributed by atoms with E-state index in [4.69, 9.17) is 17.3 Å². The van der Waals surface area contributed by atoms with Crippen LogP contribution in [0.5, 0.6) is 0 Å². The van der Waals surface area contributed by atoms with Crippen LogP contribution in [0, 0.1) is 5.82 Å². The van der Waals surface area contributed by atoms with Crippen molar-refractivity contribution in [1.82, 2.24) is 15.5 Å². The minimum absolute atomic E-state index is 0.0922. The van der Waals surface area contributed by atoms with E-state index < -0.39 is 5.82 Å². The first-order valence-corrected chi connectivity index (χ1v) is 5.46. The Hall–Kier alpha value is -2.08. The summed E-state index contributed by atoms with van der Waals surface area (Å²) >= 11 is 5.59. The molecular formula is C11H10ClFN4O. The summed E-state index contributed by atoms with van der Waals surface area (Å²) in [5.74, 6) is -0.530. The van der Waals surface area contributed by atoms with Crippen molar-refractivity contribution in [3.8, 4) is 0 Å². The van der Waals surface area contributed by atoms with E-state index in [1.165, 1.54) is 18.3 Å². The lowest BCUT2D eigenvalue weighted by Crippen LogP contribution is -2.23. The van der Waals surface area contributed by atoms with Gasteiger partial charge in [-0.1, -0.05) is 11.6 Å². The molecule has 94 valence electrons. The Morgan fingerprint density at radius 3 is 2.94 bits per heavy atom. The number of nitrogens with zero attached hydrogens (tertiary/aromatic N) is 1. The van der Waals surface area contributed by atoms with Crippen molar-refractivity contribution in [3.63, 3.8) is 0 Å². The number of aromatic nitrogens is 2. The molecule has 0 spiro atoms. The normalized spacial score (nSPS) is 10.3. The second-order valence-corrected chi connectivity index (χ2v) is 4.03. The topological polar surface area (TPSA) is 83.8 Å². The standard InChI is InChI=1S/C11H10ClFN4O/c12-8-3-6(1-2-9(8)13)11(18)15-4-7-5-16-17-10(7)14/h1-3,5H,4H2,(H,15,18)(H3,14,16,17). The predicted octanol–water partition coefficient (Wildman–Crippen LogP) is 1.71. The average molecular weight is 269 g/mol. The van der Waals surface area contributed by atoms with Crippen molar-refractivity contribution in [2.75, 3.05) is 5.73 Å². The number of hydrogen-bond acceptors (Lipinski definition) is 3. The molecule has 5 nitrogen and oxygen atoms in total. The zero-order chi connectivity index (χ0) is 13.1. The molecule has 0 saturated heterocycles. The lowest BCUT2D eigenvalue weighted by Gasteiger charge is -2.05. The molecule has 0 aliphatic rings. The van der Waals surface area contributed by atoms with Gasteiger partial charge in [0, 0.05) is 17.7 Å². The number of nitrogens with two attached hydrogens (primary N) is 1. The smallest absolute Gasteiger partial charge is 0.251 e. The Morgan fingerprint density at radius 2 is 2.33 bits per heavy atom. The van der Waals surface area contributed by atoms with E-state index in [2.05, 4.69) is 15.5 Å². The lowest BCUT2D eigenvalue weighted by molar-refractivity contribution is 0.0951. The van der Waals surface area contributed by atoms with Crippen LogP contribution in [-0.2, 0) is 6.54 Å². The van der Waals surface area contributed by atoms with Crippen molar-refractivity contribution in [3.05, 3.63) is 46.4 Å². The maximum atomic E-state index is 12.9. The van der Waals surface area contributed by atoms with Gasteiger partial charge in [-0.3, -0.25) is 9.89 Å². The molecule has 0 saturated carbocycles. The highest BCUT2D eigenvalue weighted by atomic mass is 35.5. The molecule has 2 rings (SSSR count). The molecule has 2 aromatic rings. The van der Waals surface area contributed by atoms with Crippen molar-refractivity contribution < 1.29 is 9.18 Å². The number of hydrogen-bond donors (Lipinski definition) is 3. The van der Waals surface area contributed by atoms with Crippen molar-refractivity contribution in [2.24, 2.45) is 0 Å². The first-order chi connectivity index (χ1) is 8.58. The van der Waals surface area contributed by atoms with Crippen LogP contribution in [0.15, 0.2) is 24.4 Å². The number of nitrogens with one attached hydrogen (secondary N) is 2. The van der Waals surface area contributed by atoms with E-state index in [1.54, 1.807) is 0 Å². The lowest BCUT2D eigenvalue weighted by atomic mass is 10.2. The van der Waals surface area contributed by atoms with Crippen molar-refractivity contribution >= 4 is 23.3 Å². The molecule has 0 radical (unpaired) electrons. The Balaban J connectivity index is 2.04. The molecule has 1 aromatic heterocycles. The summed E-state index contributed by atoms with van der Waals surface area (Å²) in [6.45, 7) is 0.232. The zero-order valence-corrected chi connectivity index (χ0v) is 9.96. The fourth-order valence-electron chi connectivity index (χ4n) is 1.38. The fraction of sp³-hybridized carbons (Fsp3) is 0.0909. The van der Waals surface area contributed by atoms with Gasteiger partial charge in [-0.15, -0.1) is 0 Å². The van der Waals surface area contributed by atoms with Gasteiger partial charge in [0.2, 0.25) is 0 Å². The van der Waals surface area contributed by atoms with Crippen LogP contribution in [0.3, 0.4) is 0 Å². The summed E-state index contributed by atoms with van der Waals surface area (Å²) in [6.07, 6.45) is 1.52. The maximum absolute atomic E-state index is 12.9. The van der Waals surface area contributed by atoms with Crippen LogP contribution >= 0.6 is 11.6 Å². The quantitative estimate of drug-likeness (QED) is 0.792. The number of amides is 1. The zero-order valence-electron chi connectivity index (χ0n) is 9.21. The SMILES string of the molecule is Nc1[nH]ncc1CNC(=O)c1ccc(F)c(Cl)c1. The van der Waals surface area contributed by atoms with Crippen LogP contribution in [0.4, 0.5) is 10.2 Å². The molecular weight excluding hydrogens is 259 g/mol. The van der Waals surface area contributed by atoms with Gasteiger partial charge < -0.3 is 11.1 Å². The summed E-state index contributed by atoms with van der Waals surface area (Å²) in [4.78, 5) is 11.8. The molecule has 4 N–H and O–H groups in total. The Labute approximate surface area is 107 Å². The highest BCUT2D eigenvalue weighted by Gasteiger charge is 2.09. The summed E-state index contributed by atoms with van der Waals surface area (Å²) in [7, 11) is 0. The number of halogens is 2. The molecule has 0 fully saturated rings. The number of benzene rings is 1. The van der Waals surface area contributed by atoms with Crippen LogP contribution in [0.1, 0.15) is 15.9 Å². The van der Waals surface area contributed by atoms with Gasteiger partial charge in [0.15, 0.2) is 0 Å². The minimum Gasteiger partial charge on any atom is -0.384 e. The van der Waals surface area contributed by atoms with Gasteiger partial charge in [0.1, 0.15) is 11.6 Å². The second kappa shape index (κ2) is 5.05. The molecule has 1 amide bonds. The van der Waals surface area contributed by atoms with Gasteiger partial charge in [-0.25, -0.2) is 4.39 Å². The Kier molecular flexibility index (Phi) is 3.47. The van der Waals surface area contributed by atoms with Crippen LogP contribution in [0.25, 0.3) is 0 Å². The number of carbonyl (C=O) groups is 1. The van der Waals surface area contributed by atoms with E-state index in [9.17, 15) is 9.18 Å². The fourth-order valence-corrected chi connectivity index (χ4v) is 1.56. The largest absolute Gasteiger partial charge is 0.384 e. The molecule has 1 heterocycles. The molecule has 1 aromatic carbocycles. The van der Waals surface area contributed by atoms with E-state index in [0.717, 1.165) is 6.07 Å². The first-order valence-electron chi connectivity index (χ1n) is 5.09. The van der Waals surface area contributed by atoms with Gasteiger partial charge in [0.25, 0.3) is 5.91 Å².